The van der Waals surface area contributed by atoms with E-state index in [1.54, 1.807) is 43.4 Å². The molecular weight excluding hydrogens is 444 g/mol. The van der Waals surface area contributed by atoms with Gasteiger partial charge in [-0.05, 0) is 45.4 Å². The normalized spacial score (nSPS) is 25.1. The van der Waals surface area contributed by atoms with E-state index < -0.39 is 17.5 Å². The largest absolute Gasteiger partial charge is 0.507 e. The summed E-state index contributed by atoms with van der Waals surface area (Å²) in [5.41, 5.74) is 1.06. The number of nitrogens with zero attached hydrogens (tertiary/aromatic N) is 2. The minimum atomic E-state index is -0.981. The van der Waals surface area contributed by atoms with Gasteiger partial charge in [-0.2, -0.15) is 0 Å². The van der Waals surface area contributed by atoms with Crippen LogP contribution in [0.15, 0.2) is 23.2 Å². The van der Waals surface area contributed by atoms with Crippen LogP contribution in [-0.4, -0.2) is 75.4 Å². The lowest BCUT2D eigenvalue weighted by Gasteiger charge is -2.36. The van der Waals surface area contributed by atoms with Gasteiger partial charge in [0.25, 0.3) is 0 Å². The number of ether oxygens (including phenoxy) is 1. The van der Waals surface area contributed by atoms with Crippen molar-refractivity contribution in [1.29, 1.82) is 0 Å². The number of phenols is 1. The van der Waals surface area contributed by atoms with Gasteiger partial charge in [0.15, 0.2) is 0 Å². The summed E-state index contributed by atoms with van der Waals surface area (Å²) in [5, 5.41) is 22.6. The molecule has 1 aromatic carbocycles. The number of rotatable bonds is 9. The second kappa shape index (κ2) is 10.8. The molecular formula is C24H36N2O4S2. The van der Waals surface area contributed by atoms with Crippen molar-refractivity contribution in [2.75, 3.05) is 25.7 Å². The van der Waals surface area contributed by atoms with Gasteiger partial charge >= 0.3 is 5.97 Å². The predicted molar refractivity (Wildman–Crippen MR) is 134 cm³/mol. The molecule has 2 heterocycles. The van der Waals surface area contributed by atoms with Gasteiger partial charge in [0.05, 0.1) is 35.6 Å². The quantitative estimate of drug-likeness (QED) is 0.409. The molecule has 0 aliphatic carbocycles. The zero-order chi connectivity index (χ0) is 23.5. The van der Waals surface area contributed by atoms with Crippen LogP contribution in [-0.2, 0) is 16.0 Å². The Kier molecular flexibility index (Phi) is 8.58. The number of benzene rings is 1. The van der Waals surface area contributed by atoms with Crippen molar-refractivity contribution < 1.29 is 19.7 Å². The van der Waals surface area contributed by atoms with Crippen LogP contribution in [0.4, 0.5) is 0 Å². The van der Waals surface area contributed by atoms with Crippen LogP contribution in [0, 0.1) is 5.41 Å². The molecule has 3 rings (SSSR count). The number of hydrogen-bond acceptors (Lipinski definition) is 8. The van der Waals surface area contributed by atoms with Gasteiger partial charge in [-0.15, -0.1) is 23.5 Å². The number of carbonyl (C=O) groups excluding carboxylic acids is 1. The molecule has 32 heavy (non-hydrogen) atoms. The summed E-state index contributed by atoms with van der Waals surface area (Å²) in [6, 6.07) is 5.66. The van der Waals surface area contributed by atoms with Crippen LogP contribution in [0.5, 0.6) is 5.75 Å². The van der Waals surface area contributed by atoms with Crippen LogP contribution in [0.2, 0.25) is 0 Å². The average Bonchev–Trinajstić information content (AvgIpc) is 3.39. The number of unbranched alkanes of at least 4 members (excludes halogenated alkanes) is 2. The summed E-state index contributed by atoms with van der Waals surface area (Å²) in [5.74, 6) is 1.46. The number of thioether (sulfide) groups is 2. The number of hydrogen-bond donors (Lipinski definition) is 2. The van der Waals surface area contributed by atoms with Crippen LogP contribution >= 0.6 is 23.5 Å². The highest BCUT2D eigenvalue weighted by atomic mass is 32.2. The van der Waals surface area contributed by atoms with E-state index in [1.807, 2.05) is 13.1 Å². The van der Waals surface area contributed by atoms with Gasteiger partial charge in [0.1, 0.15) is 10.8 Å². The Morgan fingerprint density at radius 3 is 2.78 bits per heavy atom. The Hall–Kier alpha value is -1.22. The summed E-state index contributed by atoms with van der Waals surface area (Å²) < 4.78 is 4.90. The number of aromatic hydroxyl groups is 1. The van der Waals surface area contributed by atoms with E-state index in [2.05, 4.69) is 17.9 Å². The Labute approximate surface area is 200 Å². The van der Waals surface area contributed by atoms with Gasteiger partial charge in [-0.25, -0.2) is 0 Å². The van der Waals surface area contributed by atoms with Gasteiger partial charge in [0.2, 0.25) is 0 Å². The van der Waals surface area contributed by atoms with E-state index in [1.165, 1.54) is 13.5 Å². The fourth-order valence-electron chi connectivity index (χ4n) is 4.46. The lowest BCUT2D eigenvalue weighted by atomic mass is 9.82. The molecule has 0 unspecified atom stereocenters. The van der Waals surface area contributed by atoms with Crippen molar-refractivity contribution in [1.82, 2.24) is 4.90 Å². The first-order valence-corrected chi connectivity index (χ1v) is 13.4. The number of aliphatic hydroxyl groups excluding tert-OH is 1. The Morgan fingerprint density at radius 2 is 2.09 bits per heavy atom. The van der Waals surface area contributed by atoms with Crippen molar-refractivity contribution in [3.8, 4) is 5.75 Å². The van der Waals surface area contributed by atoms with Crippen molar-refractivity contribution >= 4 is 34.5 Å². The Balaban J connectivity index is 1.76. The molecule has 6 nitrogen and oxygen atoms in total. The lowest BCUT2D eigenvalue weighted by molar-refractivity contribution is -0.159. The van der Waals surface area contributed by atoms with Crippen molar-refractivity contribution in [2.24, 2.45) is 10.4 Å². The van der Waals surface area contributed by atoms with Crippen molar-refractivity contribution in [3.63, 3.8) is 0 Å². The molecule has 1 saturated heterocycles. The molecule has 0 amide bonds. The highest BCUT2D eigenvalue weighted by Crippen LogP contribution is 2.41. The molecule has 4 atom stereocenters. The van der Waals surface area contributed by atoms with E-state index in [9.17, 15) is 15.0 Å². The second-order valence-corrected chi connectivity index (χ2v) is 11.4. The van der Waals surface area contributed by atoms with Gasteiger partial charge in [-0.1, -0.05) is 31.9 Å². The van der Waals surface area contributed by atoms with E-state index in [0.29, 0.717) is 5.75 Å². The molecule has 1 aromatic rings. The highest BCUT2D eigenvalue weighted by molar-refractivity contribution is 8.14. The highest BCUT2D eigenvalue weighted by Gasteiger charge is 2.48. The monoisotopic (exact) mass is 480 g/mol. The maximum absolute atomic E-state index is 12.2. The number of esters is 1. The zero-order valence-corrected chi connectivity index (χ0v) is 21.3. The fraction of sp³-hybridized carbons (Fsp3) is 0.667. The number of phenolic OH excluding ortho intramolecular Hbond substituents is 1. The lowest BCUT2D eigenvalue weighted by Crippen LogP contribution is -2.52. The minimum Gasteiger partial charge on any atom is -0.507 e. The number of likely N-dealkylation sites (N-methyl/N-ethyl adjacent to an activating group) is 1. The van der Waals surface area contributed by atoms with E-state index in [0.717, 1.165) is 46.9 Å². The van der Waals surface area contributed by atoms with Crippen LogP contribution < -0.4 is 0 Å². The first-order chi connectivity index (χ1) is 15.2. The first-order valence-electron chi connectivity index (χ1n) is 11.3. The van der Waals surface area contributed by atoms with Crippen LogP contribution in [0.25, 0.3) is 0 Å². The molecule has 0 spiro atoms. The average molecular weight is 481 g/mol. The minimum absolute atomic E-state index is 0.0616. The van der Waals surface area contributed by atoms with E-state index in [4.69, 9.17) is 9.73 Å². The molecule has 2 aliphatic heterocycles. The topological polar surface area (TPSA) is 82.4 Å². The third kappa shape index (κ3) is 5.13. The molecule has 178 valence electrons. The van der Waals surface area contributed by atoms with Crippen LogP contribution in [0.3, 0.4) is 0 Å². The van der Waals surface area contributed by atoms with E-state index >= 15 is 0 Å². The first kappa shape index (κ1) is 25.4. The Bertz CT molecular complexity index is 845. The molecule has 8 heteroatoms. The predicted octanol–water partition coefficient (Wildman–Crippen LogP) is 3.92. The summed E-state index contributed by atoms with van der Waals surface area (Å²) in [4.78, 5) is 19.4. The molecule has 2 N–H and O–H groups in total. The summed E-state index contributed by atoms with van der Waals surface area (Å²) in [6.07, 6.45) is 3.55. The van der Waals surface area contributed by atoms with Gasteiger partial charge < -0.3 is 14.9 Å². The summed E-state index contributed by atoms with van der Waals surface area (Å²) in [7, 11) is 3.36. The van der Waals surface area contributed by atoms with Gasteiger partial charge in [0, 0.05) is 17.5 Å². The van der Waals surface area contributed by atoms with Crippen molar-refractivity contribution in [3.05, 3.63) is 29.3 Å². The third-order valence-corrected chi connectivity index (χ3v) is 9.19. The van der Waals surface area contributed by atoms with E-state index in [-0.39, 0.29) is 17.5 Å². The van der Waals surface area contributed by atoms with Crippen LogP contribution in [0.1, 0.15) is 51.2 Å². The number of methoxy groups -OCH3 is 1. The third-order valence-electron chi connectivity index (χ3n) is 6.57. The Morgan fingerprint density at radius 1 is 1.34 bits per heavy atom. The number of aliphatic imine (C=N–C) groups is 1. The molecule has 0 bridgehead atoms. The second-order valence-electron chi connectivity index (χ2n) is 9.20. The summed E-state index contributed by atoms with van der Waals surface area (Å²) >= 11 is 3.47. The maximum Gasteiger partial charge on any atom is 0.313 e. The SMILES string of the molecule is CCCCCc1cccc(O)c1C1=N[C@@H]([C@@H]2SC[C@@H]([C@H](O)C(C)(C)C(=O)OC)N2C)CS1. The molecule has 0 aromatic heterocycles. The maximum atomic E-state index is 12.2. The molecule has 0 saturated carbocycles. The van der Waals surface area contributed by atoms with Gasteiger partial charge in [-0.3, -0.25) is 14.7 Å². The number of aryl methyl sites for hydroxylation is 1. The smallest absolute Gasteiger partial charge is 0.313 e. The number of aliphatic hydroxyl groups is 1. The number of carbonyl (C=O) groups is 1. The molecule has 1 fully saturated rings. The fourth-order valence-corrected chi connectivity index (χ4v) is 7.34. The molecule has 0 radical (unpaired) electrons. The summed E-state index contributed by atoms with van der Waals surface area (Å²) in [6.45, 7) is 5.65. The standard InChI is InChI=1S/C24H36N2O4S2/c1-6-7-8-10-15-11-9-12-18(27)19(15)21-25-16(13-31-21)22-26(4)17(14-32-22)20(28)24(2,3)23(29)30-5/h9,11-12,16-17,20,22,27-28H,6-8,10,13-14H2,1-5H3/t16-,17+,20+,22+/m1/s1. The zero-order valence-electron chi connectivity index (χ0n) is 19.7. The molecule has 2 aliphatic rings. The van der Waals surface area contributed by atoms with Crippen molar-refractivity contribution in [2.45, 2.75) is 70.0 Å².